The lowest BCUT2D eigenvalue weighted by Crippen LogP contribution is -2.30. The van der Waals surface area contributed by atoms with Crippen LogP contribution in [0.5, 0.6) is 0 Å². The Labute approximate surface area is 124 Å². The van der Waals surface area contributed by atoms with Gasteiger partial charge in [-0.1, -0.05) is 33.6 Å². The molecule has 2 saturated carbocycles. The van der Waals surface area contributed by atoms with Crippen molar-refractivity contribution in [1.29, 1.82) is 0 Å². The maximum atomic E-state index is 11.8. The zero-order valence-corrected chi connectivity index (χ0v) is 13.6. The number of esters is 1. The summed E-state index contributed by atoms with van der Waals surface area (Å²) in [5.41, 5.74) is 0. The summed E-state index contributed by atoms with van der Waals surface area (Å²) in [6.07, 6.45) is 11.5. The Morgan fingerprint density at radius 1 is 1.00 bits per heavy atom. The van der Waals surface area contributed by atoms with Gasteiger partial charge >= 0.3 is 5.97 Å². The minimum Gasteiger partial charge on any atom is -0.462 e. The fourth-order valence-electron chi connectivity index (χ4n) is 3.88. The second-order valence-electron chi connectivity index (χ2n) is 7.30. The molecule has 0 N–H and O–H groups in total. The summed E-state index contributed by atoms with van der Waals surface area (Å²) >= 11 is 0. The van der Waals surface area contributed by atoms with Gasteiger partial charge < -0.3 is 4.74 Å². The highest BCUT2D eigenvalue weighted by molar-refractivity contribution is 5.72. The molecule has 0 amide bonds. The van der Waals surface area contributed by atoms with Crippen molar-refractivity contribution in [3.63, 3.8) is 0 Å². The van der Waals surface area contributed by atoms with Gasteiger partial charge in [-0.2, -0.15) is 0 Å². The van der Waals surface area contributed by atoms with Crippen LogP contribution in [-0.4, -0.2) is 12.1 Å². The van der Waals surface area contributed by atoms with Crippen molar-refractivity contribution >= 4 is 5.97 Å². The molecule has 0 heterocycles. The summed E-state index contributed by atoms with van der Waals surface area (Å²) in [5.74, 6) is 2.88. The summed E-state index contributed by atoms with van der Waals surface area (Å²) in [4.78, 5) is 11.8. The highest BCUT2D eigenvalue weighted by atomic mass is 16.5. The topological polar surface area (TPSA) is 26.3 Å². The van der Waals surface area contributed by atoms with Gasteiger partial charge in [0, 0.05) is 0 Å². The first kappa shape index (κ1) is 15.9. The molecule has 2 fully saturated rings. The molecule has 116 valence electrons. The number of hydrogen-bond acceptors (Lipinski definition) is 2. The van der Waals surface area contributed by atoms with Crippen molar-refractivity contribution in [2.75, 3.05) is 0 Å². The fourth-order valence-corrected chi connectivity index (χ4v) is 3.88. The molecule has 0 bridgehead atoms. The van der Waals surface area contributed by atoms with Gasteiger partial charge in [-0.25, -0.2) is 0 Å². The van der Waals surface area contributed by atoms with Crippen molar-refractivity contribution < 1.29 is 9.53 Å². The van der Waals surface area contributed by atoms with E-state index in [2.05, 4.69) is 6.92 Å². The summed E-state index contributed by atoms with van der Waals surface area (Å²) < 4.78 is 5.66. The first-order valence-corrected chi connectivity index (χ1v) is 8.80. The van der Waals surface area contributed by atoms with Crippen LogP contribution in [0, 0.1) is 23.7 Å². The summed E-state index contributed by atoms with van der Waals surface area (Å²) in [7, 11) is 0. The lowest BCUT2D eigenvalue weighted by molar-refractivity contribution is -0.155. The first-order chi connectivity index (χ1) is 9.60. The molecule has 2 aliphatic carbocycles. The molecule has 0 radical (unpaired) electrons. The van der Waals surface area contributed by atoms with Crippen LogP contribution in [0.15, 0.2) is 0 Å². The number of carbonyl (C=O) groups is 1. The van der Waals surface area contributed by atoms with Gasteiger partial charge in [-0.3, -0.25) is 4.79 Å². The number of hydrogen-bond donors (Lipinski definition) is 0. The van der Waals surface area contributed by atoms with E-state index in [-0.39, 0.29) is 18.0 Å². The maximum absolute atomic E-state index is 11.8. The van der Waals surface area contributed by atoms with Gasteiger partial charge in [-0.15, -0.1) is 0 Å². The van der Waals surface area contributed by atoms with Crippen LogP contribution in [0.4, 0.5) is 0 Å². The molecular formula is C18H32O2. The average Bonchev–Trinajstić information content (AvgIpc) is 2.48. The van der Waals surface area contributed by atoms with Crippen LogP contribution in [0.1, 0.15) is 78.6 Å². The summed E-state index contributed by atoms with van der Waals surface area (Å²) in [6.45, 7) is 6.41. The molecule has 0 aromatic heterocycles. The van der Waals surface area contributed by atoms with E-state index < -0.39 is 0 Å². The Morgan fingerprint density at radius 2 is 1.50 bits per heavy atom. The van der Waals surface area contributed by atoms with Crippen LogP contribution in [0.25, 0.3) is 0 Å². The predicted octanol–water partition coefficient (Wildman–Crippen LogP) is 4.96. The zero-order chi connectivity index (χ0) is 14.5. The molecule has 0 aliphatic heterocycles. The average molecular weight is 280 g/mol. The third-order valence-corrected chi connectivity index (χ3v) is 5.74. The number of ether oxygens (including phenoxy) is 1. The Bertz CT molecular complexity index is 297. The van der Waals surface area contributed by atoms with E-state index in [1.807, 2.05) is 13.8 Å². The van der Waals surface area contributed by atoms with E-state index in [4.69, 9.17) is 4.74 Å². The monoisotopic (exact) mass is 280 g/mol. The minimum absolute atomic E-state index is 0.0161. The fraction of sp³-hybridized carbons (Fsp3) is 0.944. The standard InChI is InChI=1S/C18H32O2/c1-4-14(3)18(19)20-17-11-9-16(10-12-17)15-7-5-13(2)6-8-15/h13-17H,4-12H2,1-3H3. The lowest BCUT2D eigenvalue weighted by atomic mass is 9.71. The second kappa shape index (κ2) is 7.47. The Hall–Kier alpha value is -0.530. The molecule has 0 saturated heterocycles. The molecule has 2 aliphatic rings. The quantitative estimate of drug-likeness (QED) is 0.680. The smallest absolute Gasteiger partial charge is 0.308 e. The van der Waals surface area contributed by atoms with Crippen molar-refractivity contribution in [2.24, 2.45) is 23.7 Å². The van der Waals surface area contributed by atoms with E-state index in [1.165, 1.54) is 38.5 Å². The van der Waals surface area contributed by atoms with E-state index in [1.54, 1.807) is 0 Å². The third-order valence-electron chi connectivity index (χ3n) is 5.74. The van der Waals surface area contributed by atoms with Crippen molar-refractivity contribution in [2.45, 2.75) is 84.7 Å². The maximum Gasteiger partial charge on any atom is 0.308 e. The highest BCUT2D eigenvalue weighted by Crippen LogP contribution is 2.40. The Balaban J connectivity index is 1.71. The van der Waals surface area contributed by atoms with Gasteiger partial charge in [0.15, 0.2) is 0 Å². The number of rotatable bonds is 4. The van der Waals surface area contributed by atoms with Crippen molar-refractivity contribution in [3.8, 4) is 0 Å². The van der Waals surface area contributed by atoms with Crippen molar-refractivity contribution in [3.05, 3.63) is 0 Å². The normalized spacial score (nSPS) is 36.4. The zero-order valence-electron chi connectivity index (χ0n) is 13.6. The lowest BCUT2D eigenvalue weighted by Gasteiger charge is -2.37. The van der Waals surface area contributed by atoms with Gasteiger partial charge in [-0.05, 0) is 62.7 Å². The highest BCUT2D eigenvalue weighted by Gasteiger charge is 2.31. The molecule has 2 heteroatoms. The third kappa shape index (κ3) is 4.23. The largest absolute Gasteiger partial charge is 0.462 e. The van der Waals surface area contributed by atoms with Crippen LogP contribution >= 0.6 is 0 Å². The second-order valence-corrected chi connectivity index (χ2v) is 7.30. The Morgan fingerprint density at radius 3 is 2.00 bits per heavy atom. The molecule has 0 spiro atoms. The SMILES string of the molecule is CCC(C)C(=O)OC1CCC(C2CCC(C)CC2)CC1. The Kier molecular flexibility index (Phi) is 5.92. The van der Waals surface area contributed by atoms with E-state index in [0.29, 0.717) is 0 Å². The molecular weight excluding hydrogens is 248 g/mol. The summed E-state index contributed by atoms with van der Waals surface area (Å²) in [5, 5.41) is 0. The molecule has 0 aromatic carbocycles. The molecule has 2 nitrogen and oxygen atoms in total. The van der Waals surface area contributed by atoms with Gasteiger partial charge in [0.05, 0.1) is 5.92 Å². The predicted molar refractivity (Wildman–Crippen MR) is 82.4 cm³/mol. The first-order valence-electron chi connectivity index (χ1n) is 8.80. The van der Waals surface area contributed by atoms with Crippen LogP contribution in [0.2, 0.25) is 0 Å². The molecule has 1 atom stereocenters. The van der Waals surface area contributed by atoms with Crippen LogP contribution < -0.4 is 0 Å². The van der Waals surface area contributed by atoms with E-state index in [9.17, 15) is 4.79 Å². The minimum atomic E-state index is 0.0161. The van der Waals surface area contributed by atoms with Crippen LogP contribution in [-0.2, 0) is 9.53 Å². The van der Waals surface area contributed by atoms with E-state index >= 15 is 0 Å². The number of carbonyl (C=O) groups excluding carboxylic acids is 1. The van der Waals surface area contributed by atoms with E-state index in [0.717, 1.165) is 37.0 Å². The molecule has 0 aromatic rings. The van der Waals surface area contributed by atoms with Crippen molar-refractivity contribution in [1.82, 2.24) is 0 Å². The summed E-state index contributed by atoms with van der Waals surface area (Å²) in [6, 6.07) is 0. The molecule has 1 unspecified atom stereocenters. The van der Waals surface area contributed by atoms with Gasteiger partial charge in [0.2, 0.25) is 0 Å². The molecule has 2 rings (SSSR count). The van der Waals surface area contributed by atoms with Gasteiger partial charge in [0.25, 0.3) is 0 Å². The van der Waals surface area contributed by atoms with Gasteiger partial charge in [0.1, 0.15) is 6.10 Å². The van der Waals surface area contributed by atoms with Crippen LogP contribution in [0.3, 0.4) is 0 Å². The molecule has 20 heavy (non-hydrogen) atoms.